The Balaban J connectivity index is 2.64. The van der Waals surface area contributed by atoms with E-state index in [4.69, 9.17) is 21.7 Å². The van der Waals surface area contributed by atoms with Crippen molar-refractivity contribution in [3.8, 4) is 22.8 Å². The molecular weight excluding hydrogens is 260 g/mol. The first-order valence-electron chi connectivity index (χ1n) is 6.01. The number of benzene rings is 1. The number of hydrogen-bond acceptors (Lipinski definition) is 4. The van der Waals surface area contributed by atoms with Crippen molar-refractivity contribution in [2.45, 2.75) is 13.3 Å². The molecule has 0 saturated heterocycles. The molecule has 2 aromatic rings. The third-order valence-corrected chi connectivity index (χ3v) is 3.03. The molecule has 0 saturated carbocycles. The number of H-pyrrole nitrogens is 1. The molecule has 1 aromatic carbocycles. The summed E-state index contributed by atoms with van der Waals surface area (Å²) in [5.41, 5.74) is 1.79. The summed E-state index contributed by atoms with van der Waals surface area (Å²) in [7, 11) is 3.24. The number of aromatic amines is 1. The van der Waals surface area contributed by atoms with Crippen LogP contribution in [-0.4, -0.2) is 24.2 Å². The van der Waals surface area contributed by atoms with E-state index in [1.165, 1.54) is 0 Å². The molecule has 1 heterocycles. The van der Waals surface area contributed by atoms with Gasteiger partial charge in [0.1, 0.15) is 10.5 Å². The van der Waals surface area contributed by atoms with Crippen molar-refractivity contribution < 1.29 is 9.47 Å². The van der Waals surface area contributed by atoms with Gasteiger partial charge in [-0.05, 0) is 18.2 Å². The Labute approximate surface area is 117 Å². The van der Waals surface area contributed by atoms with Crippen molar-refractivity contribution in [1.29, 1.82) is 0 Å². The van der Waals surface area contributed by atoms with Gasteiger partial charge in [0.2, 0.25) is 0 Å². The minimum absolute atomic E-state index is 0.565. The standard InChI is InChI=1S/C14H16N2O2S/c1-4-12-15-10(8-13(19)16-12)9-6-5-7-11(17-2)14(9)18-3/h5-8H,4H2,1-3H3,(H,15,16,19). The molecule has 100 valence electrons. The Morgan fingerprint density at radius 1 is 1.26 bits per heavy atom. The topological polar surface area (TPSA) is 47.1 Å². The lowest BCUT2D eigenvalue weighted by atomic mass is 10.1. The number of nitrogens with one attached hydrogen (secondary N) is 1. The molecule has 1 N–H and O–H groups in total. The molecule has 0 fully saturated rings. The third kappa shape index (κ3) is 2.76. The number of rotatable bonds is 4. The number of ether oxygens (including phenoxy) is 2. The van der Waals surface area contributed by atoms with E-state index in [0.717, 1.165) is 23.5 Å². The highest BCUT2D eigenvalue weighted by atomic mass is 32.1. The summed E-state index contributed by atoms with van der Waals surface area (Å²) >= 11 is 5.19. The molecule has 4 nitrogen and oxygen atoms in total. The van der Waals surface area contributed by atoms with E-state index in [0.29, 0.717) is 16.1 Å². The van der Waals surface area contributed by atoms with E-state index in [-0.39, 0.29) is 0 Å². The van der Waals surface area contributed by atoms with Gasteiger partial charge in [-0.1, -0.05) is 25.2 Å². The molecule has 0 amide bonds. The van der Waals surface area contributed by atoms with Gasteiger partial charge in [0.15, 0.2) is 11.5 Å². The highest BCUT2D eigenvalue weighted by molar-refractivity contribution is 7.71. The Bertz CT molecular complexity index is 638. The summed E-state index contributed by atoms with van der Waals surface area (Å²) in [6, 6.07) is 7.56. The molecule has 0 bridgehead atoms. The predicted octanol–water partition coefficient (Wildman–Crippen LogP) is 3.39. The first kappa shape index (κ1) is 13.5. The van der Waals surface area contributed by atoms with Gasteiger partial charge in [0, 0.05) is 12.0 Å². The molecule has 0 radical (unpaired) electrons. The smallest absolute Gasteiger partial charge is 0.170 e. The van der Waals surface area contributed by atoms with Crippen LogP contribution < -0.4 is 9.47 Å². The fraction of sp³-hybridized carbons (Fsp3) is 0.286. The molecule has 5 heteroatoms. The maximum atomic E-state index is 5.44. The summed E-state index contributed by atoms with van der Waals surface area (Å²) in [5.74, 6) is 2.23. The quantitative estimate of drug-likeness (QED) is 0.870. The number of hydrogen-bond donors (Lipinski definition) is 1. The maximum Gasteiger partial charge on any atom is 0.170 e. The number of nitrogens with zero attached hydrogens (tertiary/aromatic N) is 1. The number of aryl methyl sites for hydroxylation is 1. The van der Waals surface area contributed by atoms with Crippen molar-refractivity contribution in [2.24, 2.45) is 0 Å². The third-order valence-electron chi connectivity index (χ3n) is 2.82. The van der Waals surface area contributed by atoms with Gasteiger partial charge in [-0.15, -0.1) is 0 Å². The van der Waals surface area contributed by atoms with Gasteiger partial charge < -0.3 is 14.5 Å². The predicted molar refractivity (Wildman–Crippen MR) is 77.3 cm³/mol. The summed E-state index contributed by atoms with van der Waals surface area (Å²) in [4.78, 5) is 7.53. The van der Waals surface area contributed by atoms with Crippen LogP contribution in [0.4, 0.5) is 0 Å². The van der Waals surface area contributed by atoms with E-state index in [2.05, 4.69) is 9.97 Å². The van der Waals surface area contributed by atoms with Crippen LogP contribution in [0.5, 0.6) is 11.5 Å². The maximum absolute atomic E-state index is 5.44. The van der Waals surface area contributed by atoms with Crippen LogP contribution in [-0.2, 0) is 6.42 Å². The largest absolute Gasteiger partial charge is 0.493 e. The summed E-state index contributed by atoms with van der Waals surface area (Å²) in [5, 5.41) is 0. The van der Waals surface area contributed by atoms with Crippen LogP contribution in [0.1, 0.15) is 12.7 Å². The van der Waals surface area contributed by atoms with Crippen molar-refractivity contribution in [3.63, 3.8) is 0 Å². The molecule has 1 aromatic heterocycles. The van der Waals surface area contributed by atoms with Crippen molar-refractivity contribution in [1.82, 2.24) is 9.97 Å². The second kappa shape index (κ2) is 5.84. The molecule has 0 aliphatic carbocycles. The van der Waals surface area contributed by atoms with Crippen LogP contribution in [0.25, 0.3) is 11.3 Å². The van der Waals surface area contributed by atoms with E-state index < -0.39 is 0 Å². The summed E-state index contributed by atoms with van der Waals surface area (Å²) < 4.78 is 11.3. The second-order valence-corrected chi connectivity index (χ2v) is 4.39. The monoisotopic (exact) mass is 276 g/mol. The van der Waals surface area contributed by atoms with Gasteiger partial charge in [-0.25, -0.2) is 4.98 Å². The lowest BCUT2D eigenvalue weighted by Gasteiger charge is -2.13. The summed E-state index contributed by atoms with van der Waals surface area (Å²) in [6.45, 7) is 2.03. The van der Waals surface area contributed by atoms with Crippen LogP contribution in [0, 0.1) is 4.64 Å². The summed E-state index contributed by atoms with van der Waals surface area (Å²) in [6.07, 6.45) is 0.795. The van der Waals surface area contributed by atoms with Gasteiger partial charge in [-0.2, -0.15) is 0 Å². The van der Waals surface area contributed by atoms with E-state index in [1.807, 2.05) is 31.2 Å². The lowest BCUT2D eigenvalue weighted by Crippen LogP contribution is -1.98. The molecule has 0 atom stereocenters. The first-order valence-corrected chi connectivity index (χ1v) is 6.42. The van der Waals surface area contributed by atoms with E-state index in [9.17, 15) is 0 Å². The fourth-order valence-electron chi connectivity index (χ4n) is 1.92. The number of para-hydroxylation sites is 1. The first-order chi connectivity index (χ1) is 9.19. The van der Waals surface area contributed by atoms with Gasteiger partial charge >= 0.3 is 0 Å². The van der Waals surface area contributed by atoms with Crippen LogP contribution in [0.3, 0.4) is 0 Å². The Hall–Kier alpha value is -1.88. The van der Waals surface area contributed by atoms with Crippen molar-refractivity contribution in [3.05, 3.63) is 34.7 Å². The van der Waals surface area contributed by atoms with E-state index >= 15 is 0 Å². The minimum atomic E-state index is 0.565. The van der Waals surface area contributed by atoms with Crippen LogP contribution in [0.15, 0.2) is 24.3 Å². The van der Waals surface area contributed by atoms with E-state index in [1.54, 1.807) is 14.2 Å². The molecule has 0 unspecified atom stereocenters. The lowest BCUT2D eigenvalue weighted by molar-refractivity contribution is 0.356. The van der Waals surface area contributed by atoms with Gasteiger partial charge in [0.25, 0.3) is 0 Å². The van der Waals surface area contributed by atoms with Gasteiger partial charge in [-0.3, -0.25) is 0 Å². The Morgan fingerprint density at radius 3 is 2.68 bits per heavy atom. The molecular formula is C14H16N2O2S. The number of methoxy groups -OCH3 is 2. The Kier molecular flexibility index (Phi) is 4.16. The molecule has 19 heavy (non-hydrogen) atoms. The normalized spacial score (nSPS) is 10.3. The van der Waals surface area contributed by atoms with Crippen molar-refractivity contribution in [2.75, 3.05) is 14.2 Å². The zero-order chi connectivity index (χ0) is 13.8. The van der Waals surface area contributed by atoms with Crippen molar-refractivity contribution >= 4 is 12.2 Å². The molecule has 2 rings (SSSR count). The fourth-order valence-corrected chi connectivity index (χ4v) is 2.15. The average molecular weight is 276 g/mol. The minimum Gasteiger partial charge on any atom is -0.493 e. The highest BCUT2D eigenvalue weighted by Crippen LogP contribution is 2.36. The van der Waals surface area contributed by atoms with Crippen LogP contribution in [0.2, 0.25) is 0 Å². The zero-order valence-corrected chi connectivity index (χ0v) is 12.0. The molecule has 0 aliphatic heterocycles. The second-order valence-electron chi connectivity index (χ2n) is 3.97. The molecule has 0 spiro atoms. The Morgan fingerprint density at radius 2 is 2.05 bits per heavy atom. The highest BCUT2D eigenvalue weighted by Gasteiger charge is 2.12. The van der Waals surface area contributed by atoms with Gasteiger partial charge in [0.05, 0.1) is 19.9 Å². The SMILES string of the molecule is CCc1nc(=S)cc(-c2cccc(OC)c2OC)[nH]1. The zero-order valence-electron chi connectivity index (χ0n) is 11.2. The molecule has 0 aliphatic rings. The average Bonchev–Trinajstić information content (AvgIpc) is 2.45. The van der Waals surface area contributed by atoms with Crippen LogP contribution >= 0.6 is 12.2 Å². The number of aromatic nitrogens is 2.